The molecule has 4 unspecified atom stereocenters. The highest BCUT2D eigenvalue weighted by molar-refractivity contribution is 4.95. The van der Waals surface area contributed by atoms with Gasteiger partial charge in [-0.15, -0.1) is 0 Å². The third-order valence-electron chi connectivity index (χ3n) is 2.59. The first-order chi connectivity index (χ1) is 4.83. The zero-order chi connectivity index (χ0) is 7.14. The van der Waals surface area contributed by atoms with Crippen molar-refractivity contribution in [2.45, 2.75) is 31.2 Å². The van der Waals surface area contributed by atoms with Crippen LogP contribution in [0, 0.1) is 5.92 Å². The van der Waals surface area contributed by atoms with Crippen LogP contribution in [0.25, 0.3) is 0 Å². The second kappa shape index (κ2) is 2.19. The summed E-state index contributed by atoms with van der Waals surface area (Å²) in [7, 11) is 0. The van der Waals surface area contributed by atoms with Gasteiger partial charge in [0.05, 0.1) is 24.9 Å². The summed E-state index contributed by atoms with van der Waals surface area (Å²) in [4.78, 5) is 0. The Bertz CT molecular complexity index is 135. The Morgan fingerprint density at radius 1 is 1.30 bits per heavy atom. The molecule has 0 aromatic rings. The summed E-state index contributed by atoms with van der Waals surface area (Å²) in [6.45, 7) is 0.0579. The van der Waals surface area contributed by atoms with Crippen LogP contribution in [0.2, 0.25) is 0 Å². The van der Waals surface area contributed by atoms with Crippen molar-refractivity contribution < 1.29 is 14.9 Å². The predicted molar refractivity (Wildman–Crippen MR) is 34.5 cm³/mol. The van der Waals surface area contributed by atoms with Gasteiger partial charge in [0.2, 0.25) is 0 Å². The Morgan fingerprint density at radius 3 is 2.40 bits per heavy atom. The minimum atomic E-state index is -0.413. The van der Waals surface area contributed by atoms with E-state index in [2.05, 4.69) is 0 Å². The number of rotatable bonds is 1. The minimum absolute atomic E-state index is 0.0150. The van der Waals surface area contributed by atoms with Crippen molar-refractivity contribution in [3.63, 3.8) is 0 Å². The molecule has 2 aliphatic rings. The number of ether oxygens (including phenoxy) is 1. The smallest absolute Gasteiger partial charge is 0.0876 e. The van der Waals surface area contributed by atoms with Crippen molar-refractivity contribution in [2.24, 2.45) is 5.92 Å². The lowest BCUT2D eigenvalue weighted by molar-refractivity contribution is 0.0452. The van der Waals surface area contributed by atoms with E-state index in [-0.39, 0.29) is 24.7 Å². The molecular formula is C7H12O3. The molecule has 0 aliphatic carbocycles. The molecule has 0 saturated carbocycles. The monoisotopic (exact) mass is 144 g/mol. The largest absolute Gasteiger partial charge is 0.396 e. The Labute approximate surface area is 59.6 Å². The Balaban J connectivity index is 2.10. The van der Waals surface area contributed by atoms with E-state index in [1.54, 1.807) is 0 Å². The maximum absolute atomic E-state index is 9.39. The first-order valence-electron chi connectivity index (χ1n) is 3.77. The summed E-state index contributed by atoms with van der Waals surface area (Å²) in [5.41, 5.74) is 0. The van der Waals surface area contributed by atoms with Crippen LogP contribution in [0.4, 0.5) is 0 Å². The molecule has 0 radical (unpaired) electrons. The standard InChI is InChI=1S/C7H12O3/c8-3-4-5-1-2-6(10-5)7(4)9/h4-9H,1-3H2. The lowest BCUT2D eigenvalue weighted by Gasteiger charge is -2.20. The maximum atomic E-state index is 9.39. The molecule has 2 saturated heterocycles. The lowest BCUT2D eigenvalue weighted by Crippen LogP contribution is -2.34. The molecule has 3 nitrogen and oxygen atoms in total. The number of hydrogen-bond donors (Lipinski definition) is 2. The molecule has 3 heteroatoms. The van der Waals surface area contributed by atoms with Crippen LogP contribution < -0.4 is 0 Å². The number of hydrogen-bond acceptors (Lipinski definition) is 3. The summed E-state index contributed by atoms with van der Waals surface area (Å²) in [6, 6.07) is 0. The second-order valence-corrected chi connectivity index (χ2v) is 3.13. The van der Waals surface area contributed by atoms with E-state index in [0.717, 1.165) is 12.8 Å². The van der Waals surface area contributed by atoms with Crippen molar-refractivity contribution in [3.8, 4) is 0 Å². The predicted octanol–water partition coefficient (Wildman–Crippen LogP) is -0.483. The molecule has 0 amide bonds. The average molecular weight is 144 g/mol. The van der Waals surface area contributed by atoms with Crippen molar-refractivity contribution >= 4 is 0 Å². The molecule has 2 N–H and O–H groups in total. The molecule has 2 rings (SSSR count). The zero-order valence-electron chi connectivity index (χ0n) is 5.73. The molecule has 2 heterocycles. The fourth-order valence-electron chi connectivity index (χ4n) is 1.98. The van der Waals surface area contributed by atoms with Crippen LogP contribution in [-0.2, 0) is 4.74 Å². The molecule has 0 aromatic carbocycles. The summed E-state index contributed by atoms with van der Waals surface area (Å²) >= 11 is 0. The third kappa shape index (κ3) is 0.713. The van der Waals surface area contributed by atoms with Crippen molar-refractivity contribution in [2.75, 3.05) is 6.61 Å². The normalized spacial score (nSPS) is 52.2. The van der Waals surface area contributed by atoms with Gasteiger partial charge in [-0.2, -0.15) is 0 Å². The molecule has 2 aliphatic heterocycles. The summed E-state index contributed by atoms with van der Waals surface area (Å²) in [5, 5.41) is 18.2. The SMILES string of the molecule is OCC1C2CCC(O2)C1O. The topological polar surface area (TPSA) is 49.7 Å². The Morgan fingerprint density at radius 2 is 2.00 bits per heavy atom. The Hall–Kier alpha value is -0.120. The molecule has 0 aromatic heterocycles. The summed E-state index contributed by atoms with van der Waals surface area (Å²) < 4.78 is 5.38. The fraction of sp³-hybridized carbons (Fsp3) is 1.00. The molecular weight excluding hydrogens is 132 g/mol. The number of aliphatic hydroxyl groups excluding tert-OH is 2. The van der Waals surface area contributed by atoms with Gasteiger partial charge in [0.1, 0.15) is 0 Å². The number of fused-ring (bicyclic) bond motifs is 2. The van der Waals surface area contributed by atoms with Gasteiger partial charge in [0.25, 0.3) is 0 Å². The zero-order valence-corrected chi connectivity index (χ0v) is 5.73. The van der Waals surface area contributed by atoms with E-state index >= 15 is 0 Å². The van der Waals surface area contributed by atoms with Gasteiger partial charge < -0.3 is 14.9 Å². The first kappa shape index (κ1) is 6.58. The van der Waals surface area contributed by atoms with Gasteiger partial charge in [-0.1, -0.05) is 0 Å². The van der Waals surface area contributed by atoms with Gasteiger partial charge >= 0.3 is 0 Å². The van der Waals surface area contributed by atoms with Gasteiger partial charge in [-0.05, 0) is 12.8 Å². The quantitative estimate of drug-likeness (QED) is 0.522. The van der Waals surface area contributed by atoms with E-state index in [0.29, 0.717) is 0 Å². The molecule has 2 fully saturated rings. The fourth-order valence-corrected chi connectivity index (χ4v) is 1.98. The maximum Gasteiger partial charge on any atom is 0.0876 e. The lowest BCUT2D eigenvalue weighted by atomic mass is 9.87. The van der Waals surface area contributed by atoms with Gasteiger partial charge in [-0.25, -0.2) is 0 Å². The van der Waals surface area contributed by atoms with Gasteiger partial charge in [-0.3, -0.25) is 0 Å². The Kier molecular flexibility index (Phi) is 1.44. The highest BCUT2D eigenvalue weighted by Crippen LogP contribution is 2.38. The van der Waals surface area contributed by atoms with Crippen LogP contribution in [0.3, 0.4) is 0 Å². The summed E-state index contributed by atoms with van der Waals surface area (Å²) in [5.74, 6) is -0.0150. The van der Waals surface area contributed by atoms with E-state index in [4.69, 9.17) is 9.84 Å². The van der Waals surface area contributed by atoms with E-state index in [9.17, 15) is 5.11 Å². The van der Waals surface area contributed by atoms with Gasteiger partial charge in [0, 0.05) is 5.92 Å². The van der Waals surface area contributed by atoms with Crippen LogP contribution >= 0.6 is 0 Å². The third-order valence-corrected chi connectivity index (χ3v) is 2.59. The van der Waals surface area contributed by atoms with Crippen molar-refractivity contribution in [1.82, 2.24) is 0 Å². The van der Waals surface area contributed by atoms with Crippen molar-refractivity contribution in [3.05, 3.63) is 0 Å². The number of aliphatic hydroxyl groups is 2. The molecule has 0 spiro atoms. The van der Waals surface area contributed by atoms with Gasteiger partial charge in [0.15, 0.2) is 0 Å². The summed E-state index contributed by atoms with van der Waals surface area (Å²) in [6.07, 6.45) is 1.70. The van der Waals surface area contributed by atoms with Crippen molar-refractivity contribution in [1.29, 1.82) is 0 Å². The van der Waals surface area contributed by atoms with Crippen LogP contribution in [-0.4, -0.2) is 35.1 Å². The van der Waals surface area contributed by atoms with E-state index in [1.165, 1.54) is 0 Å². The second-order valence-electron chi connectivity index (χ2n) is 3.13. The van der Waals surface area contributed by atoms with Crippen LogP contribution in [0.15, 0.2) is 0 Å². The molecule has 58 valence electrons. The highest BCUT2D eigenvalue weighted by atomic mass is 16.5. The molecule has 10 heavy (non-hydrogen) atoms. The van der Waals surface area contributed by atoms with E-state index < -0.39 is 6.10 Å². The van der Waals surface area contributed by atoms with E-state index in [1.807, 2.05) is 0 Å². The molecule has 4 atom stereocenters. The first-order valence-corrected chi connectivity index (χ1v) is 3.77. The van der Waals surface area contributed by atoms with Crippen LogP contribution in [0.1, 0.15) is 12.8 Å². The highest BCUT2D eigenvalue weighted by Gasteiger charge is 2.47. The average Bonchev–Trinajstić information content (AvgIpc) is 2.46. The van der Waals surface area contributed by atoms with Crippen LogP contribution in [0.5, 0.6) is 0 Å². The minimum Gasteiger partial charge on any atom is -0.396 e. The molecule has 2 bridgehead atoms.